The Labute approximate surface area is 176 Å². The van der Waals surface area contributed by atoms with E-state index in [4.69, 9.17) is 5.10 Å². The highest BCUT2D eigenvalue weighted by atomic mass is 16.3. The van der Waals surface area contributed by atoms with E-state index in [-0.39, 0.29) is 11.7 Å². The Kier molecular flexibility index (Phi) is 4.62. The number of phenolic OH excluding ortho intramolecular Hbond substituents is 1. The number of aromatic hydroxyl groups is 1. The minimum Gasteiger partial charge on any atom is -0.508 e. The van der Waals surface area contributed by atoms with Crippen molar-refractivity contribution in [1.29, 1.82) is 0 Å². The third-order valence-corrected chi connectivity index (χ3v) is 6.06. The lowest BCUT2D eigenvalue weighted by Crippen LogP contribution is -2.23. The van der Waals surface area contributed by atoms with Crippen LogP contribution in [-0.4, -0.2) is 20.8 Å². The quantitative estimate of drug-likeness (QED) is 0.601. The molecule has 1 aliphatic carbocycles. The number of allylic oxidation sites excluding steroid dienone is 4. The molecule has 4 nitrogen and oxygen atoms in total. The first-order valence-corrected chi connectivity index (χ1v) is 10.5. The Morgan fingerprint density at radius 2 is 1.73 bits per heavy atom. The van der Waals surface area contributed by atoms with Crippen LogP contribution >= 0.6 is 0 Å². The van der Waals surface area contributed by atoms with Crippen molar-refractivity contribution >= 4 is 17.1 Å². The number of nitrogens with zero attached hydrogens (tertiary/aromatic N) is 2. The molecule has 0 spiro atoms. The van der Waals surface area contributed by atoms with Gasteiger partial charge in [-0.25, -0.2) is 0 Å². The summed E-state index contributed by atoms with van der Waals surface area (Å²) in [5.41, 5.74) is 7.91. The zero-order valence-electron chi connectivity index (χ0n) is 17.1. The van der Waals surface area contributed by atoms with Crippen molar-refractivity contribution < 1.29 is 9.90 Å². The maximum Gasteiger partial charge on any atom is 0.279 e. The van der Waals surface area contributed by atoms with Gasteiger partial charge in [0.25, 0.3) is 5.91 Å². The maximum absolute atomic E-state index is 13.6. The minimum atomic E-state index is -0.0979. The Morgan fingerprint density at radius 3 is 2.43 bits per heavy atom. The summed E-state index contributed by atoms with van der Waals surface area (Å²) in [6, 6.07) is 17.0. The van der Waals surface area contributed by atoms with E-state index in [1.54, 1.807) is 28.9 Å². The van der Waals surface area contributed by atoms with Crippen molar-refractivity contribution in [3.05, 3.63) is 83.1 Å². The number of benzene rings is 2. The van der Waals surface area contributed by atoms with E-state index >= 15 is 0 Å². The van der Waals surface area contributed by atoms with Gasteiger partial charge in [-0.1, -0.05) is 54.1 Å². The molecule has 0 radical (unpaired) electrons. The van der Waals surface area contributed by atoms with E-state index in [2.05, 4.69) is 18.2 Å². The zero-order valence-corrected chi connectivity index (χ0v) is 17.1. The van der Waals surface area contributed by atoms with Gasteiger partial charge in [0.2, 0.25) is 0 Å². The molecule has 0 fully saturated rings. The Morgan fingerprint density at radius 1 is 0.967 bits per heavy atom. The van der Waals surface area contributed by atoms with E-state index in [1.807, 2.05) is 25.1 Å². The molecular formula is C26H24N2O2. The van der Waals surface area contributed by atoms with E-state index in [1.165, 1.54) is 18.4 Å². The molecule has 2 aliphatic rings. The zero-order chi connectivity index (χ0) is 20.7. The van der Waals surface area contributed by atoms with Gasteiger partial charge in [0.05, 0.1) is 5.69 Å². The van der Waals surface area contributed by atoms with E-state index in [0.717, 1.165) is 46.5 Å². The van der Waals surface area contributed by atoms with E-state index < -0.39 is 0 Å². The molecular weight excluding hydrogens is 372 g/mol. The molecule has 5 rings (SSSR count). The number of hydrogen-bond acceptors (Lipinski definition) is 3. The van der Waals surface area contributed by atoms with Crippen LogP contribution < -0.4 is 0 Å². The van der Waals surface area contributed by atoms with Crippen LogP contribution in [0.15, 0.2) is 66.2 Å². The smallest absolute Gasteiger partial charge is 0.279 e. The molecule has 0 atom stereocenters. The van der Waals surface area contributed by atoms with Crippen LogP contribution in [0, 0.1) is 0 Å². The third kappa shape index (κ3) is 3.09. The van der Waals surface area contributed by atoms with Crippen molar-refractivity contribution in [1.82, 2.24) is 9.78 Å². The molecule has 4 heteroatoms. The summed E-state index contributed by atoms with van der Waals surface area (Å²) in [5.74, 6) is 0.0946. The SMILES string of the molecule is CC1=C(c2ccc(O)cc2)C(=O)n2nc(-c3ccccc3)c(C3=CCCCC3)c2C1. The predicted octanol–water partition coefficient (Wildman–Crippen LogP) is 5.88. The van der Waals surface area contributed by atoms with Crippen LogP contribution in [0.25, 0.3) is 22.4 Å². The summed E-state index contributed by atoms with van der Waals surface area (Å²) < 4.78 is 1.61. The second-order valence-corrected chi connectivity index (χ2v) is 8.11. The summed E-state index contributed by atoms with van der Waals surface area (Å²) >= 11 is 0. The summed E-state index contributed by atoms with van der Waals surface area (Å²) in [4.78, 5) is 13.6. The fraction of sp³-hybridized carbons (Fsp3) is 0.231. The first-order valence-electron chi connectivity index (χ1n) is 10.5. The number of carbonyl (C=O) groups is 1. The summed E-state index contributed by atoms with van der Waals surface area (Å²) in [7, 11) is 0. The van der Waals surface area contributed by atoms with Gasteiger partial charge in [-0.15, -0.1) is 0 Å². The lowest BCUT2D eigenvalue weighted by Gasteiger charge is -2.21. The maximum atomic E-state index is 13.6. The van der Waals surface area contributed by atoms with Gasteiger partial charge in [-0.2, -0.15) is 9.78 Å². The van der Waals surface area contributed by atoms with Crippen LogP contribution in [0.2, 0.25) is 0 Å². The molecule has 0 saturated carbocycles. The van der Waals surface area contributed by atoms with Gasteiger partial charge in [0.1, 0.15) is 11.4 Å². The highest BCUT2D eigenvalue weighted by molar-refractivity contribution is 6.22. The van der Waals surface area contributed by atoms with Gasteiger partial charge >= 0.3 is 0 Å². The van der Waals surface area contributed by atoms with Crippen LogP contribution in [0.3, 0.4) is 0 Å². The average molecular weight is 396 g/mol. The summed E-state index contributed by atoms with van der Waals surface area (Å²) in [6.45, 7) is 2.03. The number of fused-ring (bicyclic) bond motifs is 1. The molecule has 150 valence electrons. The second kappa shape index (κ2) is 7.45. The molecule has 3 aromatic rings. The van der Waals surface area contributed by atoms with Crippen molar-refractivity contribution in [3.8, 4) is 17.0 Å². The Hall–Kier alpha value is -3.40. The molecule has 2 aromatic carbocycles. The topological polar surface area (TPSA) is 55.1 Å². The minimum absolute atomic E-state index is 0.0979. The lowest BCUT2D eigenvalue weighted by atomic mass is 9.87. The van der Waals surface area contributed by atoms with Gasteiger partial charge in [0, 0.05) is 23.1 Å². The summed E-state index contributed by atoms with van der Waals surface area (Å²) in [5, 5.41) is 14.5. The number of carbonyl (C=O) groups excluding carboxylic acids is 1. The van der Waals surface area contributed by atoms with Crippen molar-refractivity contribution in [2.45, 2.75) is 39.0 Å². The van der Waals surface area contributed by atoms with Gasteiger partial charge in [-0.3, -0.25) is 4.79 Å². The second-order valence-electron chi connectivity index (χ2n) is 8.11. The van der Waals surface area contributed by atoms with E-state index in [9.17, 15) is 9.90 Å². The number of phenols is 1. The van der Waals surface area contributed by atoms with Gasteiger partial charge < -0.3 is 5.11 Å². The molecule has 30 heavy (non-hydrogen) atoms. The average Bonchev–Trinajstić information content (AvgIpc) is 3.16. The third-order valence-electron chi connectivity index (χ3n) is 6.06. The van der Waals surface area contributed by atoms with Gasteiger partial charge in [-0.05, 0) is 55.9 Å². The molecule has 1 aliphatic heterocycles. The fourth-order valence-electron chi connectivity index (χ4n) is 4.61. The first-order chi connectivity index (χ1) is 14.6. The van der Waals surface area contributed by atoms with Crippen molar-refractivity contribution in [3.63, 3.8) is 0 Å². The van der Waals surface area contributed by atoms with E-state index in [0.29, 0.717) is 12.0 Å². The highest BCUT2D eigenvalue weighted by Gasteiger charge is 2.32. The molecule has 0 amide bonds. The van der Waals surface area contributed by atoms with Crippen LogP contribution in [-0.2, 0) is 6.42 Å². The number of aromatic nitrogens is 2. The molecule has 2 heterocycles. The largest absolute Gasteiger partial charge is 0.508 e. The number of hydrogen-bond donors (Lipinski definition) is 1. The highest BCUT2D eigenvalue weighted by Crippen LogP contribution is 2.40. The number of rotatable bonds is 3. The van der Waals surface area contributed by atoms with Crippen LogP contribution in [0.4, 0.5) is 0 Å². The molecule has 0 unspecified atom stereocenters. The van der Waals surface area contributed by atoms with Crippen LogP contribution in [0.1, 0.15) is 54.2 Å². The van der Waals surface area contributed by atoms with Crippen LogP contribution in [0.5, 0.6) is 5.75 Å². The Bertz CT molecular complexity index is 1180. The molecule has 0 bridgehead atoms. The summed E-state index contributed by atoms with van der Waals surface area (Å²) in [6.07, 6.45) is 7.51. The fourth-order valence-corrected chi connectivity index (χ4v) is 4.61. The first kappa shape index (κ1) is 18.6. The van der Waals surface area contributed by atoms with Gasteiger partial charge in [0.15, 0.2) is 0 Å². The standard InChI is InChI=1S/C26H24N2O2/c1-17-16-22-24(18-8-4-2-5-9-18)25(20-10-6-3-7-11-20)27-28(22)26(30)23(17)19-12-14-21(29)15-13-19/h3,6-8,10-15,29H,2,4-5,9,16H2,1H3. The lowest BCUT2D eigenvalue weighted by molar-refractivity contribution is 0.0958. The predicted molar refractivity (Wildman–Crippen MR) is 119 cm³/mol. The normalized spacial score (nSPS) is 16.4. The molecule has 0 saturated heterocycles. The monoisotopic (exact) mass is 396 g/mol. The van der Waals surface area contributed by atoms with Crippen molar-refractivity contribution in [2.24, 2.45) is 0 Å². The Balaban J connectivity index is 1.68. The van der Waals surface area contributed by atoms with Crippen molar-refractivity contribution in [2.75, 3.05) is 0 Å². The molecule has 1 aromatic heterocycles. The molecule has 1 N–H and O–H groups in total.